The van der Waals surface area contributed by atoms with E-state index in [1.165, 1.54) is 0 Å². The van der Waals surface area contributed by atoms with Crippen LogP contribution in [0.15, 0.2) is 48.5 Å². The van der Waals surface area contributed by atoms with Gasteiger partial charge in [-0.2, -0.15) is 0 Å². The van der Waals surface area contributed by atoms with Crippen LogP contribution in [0.3, 0.4) is 0 Å². The van der Waals surface area contributed by atoms with E-state index in [-0.39, 0.29) is 13.2 Å². The predicted molar refractivity (Wildman–Crippen MR) is 107 cm³/mol. The number of β-amino-alcohol motifs (C(OH)–C–C–N with tert-alkyl or cyclic N) is 1. The van der Waals surface area contributed by atoms with Gasteiger partial charge in [-0.25, -0.2) is 4.79 Å². The number of nitrogens with zero attached hydrogens (tertiary/aromatic N) is 2. The number of hydrogen-bond donors (Lipinski definition) is 2. The Labute approximate surface area is 164 Å². The van der Waals surface area contributed by atoms with Gasteiger partial charge in [0.15, 0.2) is 0 Å². The molecule has 0 unspecified atom stereocenters. The van der Waals surface area contributed by atoms with Crippen molar-refractivity contribution in [3.05, 3.63) is 59.1 Å². The van der Waals surface area contributed by atoms with Crippen LogP contribution in [-0.2, 0) is 11.3 Å². The normalized spacial score (nSPS) is 14.8. The van der Waals surface area contributed by atoms with E-state index in [9.17, 15) is 4.79 Å². The maximum Gasteiger partial charge on any atom is 0.412 e. The molecule has 0 spiro atoms. The number of ether oxygens (including phenoxy) is 1. The fourth-order valence-electron chi connectivity index (χ4n) is 3.11. The molecule has 6 nitrogen and oxygen atoms in total. The first kappa shape index (κ1) is 19.5. The molecule has 1 amide bonds. The van der Waals surface area contributed by atoms with Gasteiger partial charge in [-0.3, -0.25) is 10.2 Å². The van der Waals surface area contributed by atoms with E-state index in [4.69, 9.17) is 21.4 Å². The number of nitrogens with one attached hydrogen (secondary N) is 1. The second kappa shape index (κ2) is 9.60. The highest BCUT2D eigenvalue weighted by Gasteiger charge is 2.20. The van der Waals surface area contributed by atoms with E-state index in [1.807, 2.05) is 42.5 Å². The van der Waals surface area contributed by atoms with Crippen molar-refractivity contribution in [2.75, 3.05) is 49.5 Å². The lowest BCUT2D eigenvalue weighted by atomic mass is 10.2. The van der Waals surface area contributed by atoms with Crippen molar-refractivity contribution in [2.45, 2.75) is 6.61 Å². The smallest absolute Gasteiger partial charge is 0.412 e. The Morgan fingerprint density at radius 2 is 1.85 bits per heavy atom. The SMILES string of the molecule is O=C(Nc1cc(Cl)ccc1N1CCN(CCO)CC1)OCc1ccccc1. The number of carbonyl (C=O) groups excluding carboxylic acids is 1. The lowest BCUT2D eigenvalue weighted by Gasteiger charge is -2.36. The van der Waals surface area contributed by atoms with E-state index in [2.05, 4.69) is 15.1 Å². The van der Waals surface area contributed by atoms with Crippen LogP contribution in [0.5, 0.6) is 0 Å². The summed E-state index contributed by atoms with van der Waals surface area (Å²) in [7, 11) is 0. The molecule has 27 heavy (non-hydrogen) atoms. The van der Waals surface area contributed by atoms with Crippen molar-refractivity contribution in [1.82, 2.24) is 4.90 Å². The minimum Gasteiger partial charge on any atom is -0.444 e. The highest BCUT2D eigenvalue weighted by atomic mass is 35.5. The Kier molecular flexibility index (Phi) is 6.92. The fraction of sp³-hybridized carbons (Fsp3) is 0.350. The Morgan fingerprint density at radius 3 is 2.56 bits per heavy atom. The van der Waals surface area contributed by atoms with E-state index in [0.717, 1.165) is 37.4 Å². The second-order valence-electron chi connectivity index (χ2n) is 6.40. The summed E-state index contributed by atoms with van der Waals surface area (Å²) in [4.78, 5) is 16.7. The van der Waals surface area contributed by atoms with Crippen molar-refractivity contribution in [3.63, 3.8) is 0 Å². The van der Waals surface area contributed by atoms with Crippen molar-refractivity contribution < 1.29 is 14.6 Å². The van der Waals surface area contributed by atoms with Gasteiger partial charge < -0.3 is 14.7 Å². The molecule has 1 heterocycles. The molecule has 2 N–H and O–H groups in total. The number of amides is 1. The lowest BCUT2D eigenvalue weighted by molar-refractivity contribution is 0.155. The second-order valence-corrected chi connectivity index (χ2v) is 6.84. The Hall–Kier alpha value is -2.28. The molecular weight excluding hydrogens is 366 g/mol. The number of rotatable bonds is 6. The Bertz CT molecular complexity index is 749. The van der Waals surface area contributed by atoms with Crippen LogP contribution in [-0.4, -0.2) is 55.4 Å². The largest absolute Gasteiger partial charge is 0.444 e. The molecule has 3 rings (SSSR count). The Balaban J connectivity index is 1.63. The van der Waals surface area contributed by atoms with Gasteiger partial charge in [0.25, 0.3) is 0 Å². The monoisotopic (exact) mass is 389 g/mol. The molecule has 0 atom stereocenters. The number of benzene rings is 2. The van der Waals surface area contributed by atoms with Crippen molar-refractivity contribution >= 4 is 29.1 Å². The van der Waals surface area contributed by atoms with Gasteiger partial charge in [0.1, 0.15) is 6.61 Å². The average molecular weight is 390 g/mol. The number of hydrogen-bond acceptors (Lipinski definition) is 5. The van der Waals surface area contributed by atoms with E-state index < -0.39 is 6.09 Å². The maximum absolute atomic E-state index is 12.2. The average Bonchev–Trinajstić information content (AvgIpc) is 2.68. The van der Waals surface area contributed by atoms with Gasteiger partial charge in [-0.15, -0.1) is 0 Å². The molecule has 0 aliphatic carbocycles. The molecule has 2 aromatic carbocycles. The third kappa shape index (κ3) is 5.60. The zero-order chi connectivity index (χ0) is 19.1. The molecule has 7 heteroatoms. The minimum atomic E-state index is -0.513. The maximum atomic E-state index is 12.2. The third-order valence-corrected chi connectivity index (χ3v) is 4.77. The molecule has 0 bridgehead atoms. The molecule has 1 fully saturated rings. The van der Waals surface area contributed by atoms with Crippen LogP contribution < -0.4 is 10.2 Å². The summed E-state index contributed by atoms with van der Waals surface area (Å²) in [5.41, 5.74) is 2.48. The van der Waals surface area contributed by atoms with Crippen LogP contribution in [0, 0.1) is 0 Å². The topological polar surface area (TPSA) is 65.0 Å². The van der Waals surface area contributed by atoms with Crippen LogP contribution in [0.1, 0.15) is 5.56 Å². The first-order chi connectivity index (χ1) is 13.2. The summed E-state index contributed by atoms with van der Waals surface area (Å²) in [6, 6.07) is 15.0. The molecule has 144 valence electrons. The zero-order valence-electron chi connectivity index (χ0n) is 15.1. The fourth-order valence-corrected chi connectivity index (χ4v) is 3.28. The van der Waals surface area contributed by atoms with Crippen LogP contribution in [0.25, 0.3) is 0 Å². The highest BCUT2D eigenvalue weighted by Crippen LogP contribution is 2.30. The number of aliphatic hydroxyl groups excluding tert-OH is 1. The van der Waals surface area contributed by atoms with Crippen molar-refractivity contribution in [3.8, 4) is 0 Å². The van der Waals surface area contributed by atoms with Crippen LogP contribution >= 0.6 is 11.6 Å². The highest BCUT2D eigenvalue weighted by molar-refractivity contribution is 6.31. The number of piperazine rings is 1. The summed E-state index contributed by atoms with van der Waals surface area (Å²) in [6.07, 6.45) is -0.513. The zero-order valence-corrected chi connectivity index (χ0v) is 15.9. The first-order valence-electron chi connectivity index (χ1n) is 9.01. The Morgan fingerprint density at radius 1 is 1.11 bits per heavy atom. The summed E-state index contributed by atoms with van der Waals surface area (Å²) >= 11 is 6.13. The summed E-state index contributed by atoms with van der Waals surface area (Å²) in [6.45, 7) is 4.42. The minimum absolute atomic E-state index is 0.168. The van der Waals surface area contributed by atoms with Crippen LogP contribution in [0.4, 0.5) is 16.2 Å². The molecule has 1 aliphatic rings. The molecule has 1 aliphatic heterocycles. The molecule has 1 saturated heterocycles. The van der Waals surface area contributed by atoms with Gasteiger partial charge in [0, 0.05) is 37.7 Å². The summed E-state index contributed by atoms with van der Waals surface area (Å²) in [5, 5.41) is 12.4. The number of carbonyl (C=O) groups is 1. The van der Waals surface area contributed by atoms with Crippen LogP contribution in [0.2, 0.25) is 5.02 Å². The van der Waals surface area contributed by atoms with Gasteiger partial charge in [-0.05, 0) is 23.8 Å². The van der Waals surface area contributed by atoms with Gasteiger partial charge in [-0.1, -0.05) is 41.9 Å². The van der Waals surface area contributed by atoms with E-state index in [0.29, 0.717) is 17.3 Å². The van der Waals surface area contributed by atoms with E-state index in [1.54, 1.807) is 6.07 Å². The summed E-state index contributed by atoms with van der Waals surface area (Å²) in [5.74, 6) is 0. The molecule has 2 aromatic rings. The van der Waals surface area contributed by atoms with Gasteiger partial charge >= 0.3 is 6.09 Å². The molecule has 0 saturated carbocycles. The van der Waals surface area contributed by atoms with Gasteiger partial charge in [0.2, 0.25) is 0 Å². The predicted octanol–water partition coefficient (Wildman–Crippen LogP) is 3.20. The molecule has 0 aromatic heterocycles. The van der Waals surface area contributed by atoms with Crippen molar-refractivity contribution in [1.29, 1.82) is 0 Å². The molecular formula is C20H24ClN3O3. The number of anilines is 2. The number of aliphatic hydroxyl groups is 1. The van der Waals surface area contributed by atoms with Gasteiger partial charge in [0.05, 0.1) is 18.0 Å². The van der Waals surface area contributed by atoms with Crippen molar-refractivity contribution in [2.24, 2.45) is 0 Å². The van der Waals surface area contributed by atoms with E-state index >= 15 is 0 Å². The summed E-state index contributed by atoms with van der Waals surface area (Å²) < 4.78 is 5.32. The quantitative estimate of drug-likeness (QED) is 0.794. The standard InChI is InChI=1S/C20H24ClN3O3/c21-17-6-7-19(24-10-8-23(9-11-24)12-13-25)18(14-17)22-20(26)27-15-16-4-2-1-3-5-16/h1-7,14,25H,8-13,15H2,(H,22,26). The lowest BCUT2D eigenvalue weighted by Crippen LogP contribution is -2.47. The first-order valence-corrected chi connectivity index (χ1v) is 9.39. The molecule has 0 radical (unpaired) electrons. The third-order valence-electron chi connectivity index (χ3n) is 4.54. The number of halogens is 1.